The molecule has 3 aromatic rings. The molecule has 6 heteroatoms. The standard InChI is InChI=1S/C19H17BrN2O2.ClH/c1-3-24-19(23)13-4-9-17-16(11-13)18(10-12(2)21-17)22-15-7-5-14(20)6-8-15;/h4-11H,3H2,1-2H3,(H,21,22);1H. The third kappa shape index (κ3) is 4.50. The average molecular weight is 422 g/mol. The van der Waals surface area contributed by atoms with E-state index in [0.717, 1.165) is 32.4 Å². The van der Waals surface area contributed by atoms with E-state index in [-0.39, 0.29) is 18.4 Å². The minimum atomic E-state index is -0.324. The van der Waals surface area contributed by atoms with E-state index < -0.39 is 0 Å². The number of nitrogens with one attached hydrogen (secondary N) is 1. The number of nitrogens with zero attached hydrogens (tertiary/aromatic N) is 1. The molecular formula is C19H18BrClN2O2. The summed E-state index contributed by atoms with van der Waals surface area (Å²) in [6.07, 6.45) is 0. The summed E-state index contributed by atoms with van der Waals surface area (Å²) in [5.74, 6) is -0.324. The SMILES string of the molecule is CCOC(=O)c1ccc2nc(C)cc(Nc3ccc(Br)cc3)c2c1.Cl. The molecule has 0 saturated heterocycles. The zero-order chi connectivity index (χ0) is 17.1. The fourth-order valence-corrected chi connectivity index (χ4v) is 2.76. The molecule has 0 amide bonds. The monoisotopic (exact) mass is 420 g/mol. The van der Waals surface area contributed by atoms with Crippen LogP contribution < -0.4 is 5.32 Å². The van der Waals surface area contributed by atoms with Crippen LogP contribution in [0.3, 0.4) is 0 Å². The number of aromatic nitrogens is 1. The molecule has 0 fully saturated rings. The van der Waals surface area contributed by atoms with Gasteiger partial charge in [0.05, 0.1) is 17.7 Å². The van der Waals surface area contributed by atoms with E-state index in [1.54, 1.807) is 13.0 Å². The van der Waals surface area contributed by atoms with Gasteiger partial charge in [0, 0.05) is 26.9 Å². The minimum Gasteiger partial charge on any atom is -0.462 e. The molecule has 0 radical (unpaired) electrons. The number of halogens is 2. The highest BCUT2D eigenvalue weighted by Crippen LogP contribution is 2.28. The highest BCUT2D eigenvalue weighted by molar-refractivity contribution is 9.10. The van der Waals surface area contributed by atoms with Crippen molar-refractivity contribution < 1.29 is 9.53 Å². The predicted octanol–water partition coefficient (Wildman–Crippen LogP) is 5.65. The largest absolute Gasteiger partial charge is 0.462 e. The number of anilines is 2. The topological polar surface area (TPSA) is 51.2 Å². The van der Waals surface area contributed by atoms with Crippen molar-refractivity contribution in [3.8, 4) is 0 Å². The molecule has 0 unspecified atom stereocenters. The fourth-order valence-electron chi connectivity index (χ4n) is 2.49. The molecule has 3 rings (SSSR count). The van der Waals surface area contributed by atoms with Gasteiger partial charge >= 0.3 is 5.97 Å². The molecule has 0 spiro atoms. The summed E-state index contributed by atoms with van der Waals surface area (Å²) in [7, 11) is 0. The molecule has 130 valence electrons. The molecule has 2 aromatic carbocycles. The number of fused-ring (bicyclic) bond motifs is 1. The maximum atomic E-state index is 12.0. The molecule has 1 aromatic heterocycles. The first kappa shape index (κ1) is 19.2. The Labute approximate surface area is 161 Å². The van der Waals surface area contributed by atoms with E-state index in [0.29, 0.717) is 12.2 Å². The van der Waals surface area contributed by atoms with Crippen molar-refractivity contribution >= 4 is 56.6 Å². The Bertz CT molecular complexity index is 898. The van der Waals surface area contributed by atoms with Gasteiger partial charge < -0.3 is 10.1 Å². The van der Waals surface area contributed by atoms with Gasteiger partial charge in [-0.25, -0.2) is 4.79 Å². The van der Waals surface area contributed by atoms with Crippen LogP contribution in [0.5, 0.6) is 0 Å². The summed E-state index contributed by atoms with van der Waals surface area (Å²) in [4.78, 5) is 16.5. The number of pyridine rings is 1. The van der Waals surface area contributed by atoms with Crippen LogP contribution in [-0.2, 0) is 4.74 Å². The third-order valence-corrected chi connectivity index (χ3v) is 4.10. The second-order valence-electron chi connectivity index (χ2n) is 5.40. The van der Waals surface area contributed by atoms with Crippen molar-refractivity contribution in [3.63, 3.8) is 0 Å². The maximum Gasteiger partial charge on any atom is 0.338 e. The van der Waals surface area contributed by atoms with Gasteiger partial charge in [0.15, 0.2) is 0 Å². The quantitative estimate of drug-likeness (QED) is 0.553. The first-order valence-corrected chi connectivity index (χ1v) is 8.47. The fraction of sp³-hybridized carbons (Fsp3) is 0.158. The summed E-state index contributed by atoms with van der Waals surface area (Å²) in [5.41, 5.74) is 4.14. The van der Waals surface area contributed by atoms with Crippen LogP contribution >= 0.6 is 28.3 Å². The Morgan fingerprint density at radius 3 is 2.56 bits per heavy atom. The van der Waals surface area contributed by atoms with E-state index in [9.17, 15) is 4.79 Å². The lowest BCUT2D eigenvalue weighted by Crippen LogP contribution is -2.05. The number of carbonyl (C=O) groups is 1. The van der Waals surface area contributed by atoms with Crippen LogP contribution in [0.1, 0.15) is 23.0 Å². The summed E-state index contributed by atoms with van der Waals surface area (Å²) in [6.45, 7) is 4.10. The molecule has 0 aliphatic heterocycles. The molecule has 0 saturated carbocycles. The molecular weight excluding hydrogens is 404 g/mol. The molecule has 0 aliphatic rings. The Morgan fingerprint density at radius 1 is 1.16 bits per heavy atom. The van der Waals surface area contributed by atoms with Crippen molar-refractivity contribution in [3.05, 3.63) is 64.3 Å². The zero-order valence-electron chi connectivity index (χ0n) is 13.9. The molecule has 0 bridgehead atoms. The number of aryl methyl sites for hydroxylation is 1. The number of benzene rings is 2. The van der Waals surface area contributed by atoms with Crippen LogP contribution in [0.15, 0.2) is 53.0 Å². The Morgan fingerprint density at radius 2 is 1.88 bits per heavy atom. The third-order valence-electron chi connectivity index (χ3n) is 3.57. The van der Waals surface area contributed by atoms with Gasteiger partial charge in [-0.05, 0) is 62.4 Å². The van der Waals surface area contributed by atoms with Crippen molar-refractivity contribution in [2.75, 3.05) is 11.9 Å². The van der Waals surface area contributed by atoms with E-state index in [1.165, 1.54) is 0 Å². The maximum absolute atomic E-state index is 12.0. The van der Waals surface area contributed by atoms with Gasteiger partial charge in [-0.1, -0.05) is 15.9 Å². The molecule has 25 heavy (non-hydrogen) atoms. The average Bonchev–Trinajstić information content (AvgIpc) is 2.56. The number of esters is 1. The van der Waals surface area contributed by atoms with Crippen molar-refractivity contribution in [2.24, 2.45) is 0 Å². The lowest BCUT2D eigenvalue weighted by molar-refractivity contribution is 0.0526. The molecule has 1 N–H and O–H groups in total. The summed E-state index contributed by atoms with van der Waals surface area (Å²) >= 11 is 3.43. The normalized spacial score (nSPS) is 10.2. The predicted molar refractivity (Wildman–Crippen MR) is 107 cm³/mol. The van der Waals surface area contributed by atoms with Crippen LogP contribution in [0.25, 0.3) is 10.9 Å². The highest BCUT2D eigenvalue weighted by atomic mass is 79.9. The molecule has 0 aliphatic carbocycles. The van der Waals surface area contributed by atoms with Gasteiger partial charge in [-0.2, -0.15) is 0 Å². The van der Waals surface area contributed by atoms with Gasteiger partial charge in [-0.15, -0.1) is 12.4 Å². The summed E-state index contributed by atoms with van der Waals surface area (Å²) < 4.78 is 6.11. The minimum absolute atomic E-state index is 0. The lowest BCUT2D eigenvalue weighted by atomic mass is 10.1. The number of rotatable bonds is 4. The number of ether oxygens (including phenoxy) is 1. The van der Waals surface area contributed by atoms with Gasteiger partial charge in [0.25, 0.3) is 0 Å². The van der Waals surface area contributed by atoms with Crippen LogP contribution in [0, 0.1) is 6.92 Å². The lowest BCUT2D eigenvalue weighted by Gasteiger charge is -2.12. The second-order valence-corrected chi connectivity index (χ2v) is 6.31. The Balaban J connectivity index is 0.00000225. The van der Waals surface area contributed by atoms with E-state index in [2.05, 4.69) is 26.2 Å². The van der Waals surface area contributed by atoms with E-state index in [4.69, 9.17) is 4.74 Å². The van der Waals surface area contributed by atoms with Gasteiger partial charge in [-0.3, -0.25) is 4.98 Å². The van der Waals surface area contributed by atoms with E-state index in [1.807, 2.05) is 49.4 Å². The molecule has 4 nitrogen and oxygen atoms in total. The second kappa shape index (κ2) is 8.32. The Hall–Kier alpha value is -2.11. The van der Waals surface area contributed by atoms with Crippen molar-refractivity contribution in [2.45, 2.75) is 13.8 Å². The van der Waals surface area contributed by atoms with Crippen LogP contribution in [-0.4, -0.2) is 17.6 Å². The summed E-state index contributed by atoms with van der Waals surface area (Å²) in [6, 6.07) is 15.3. The van der Waals surface area contributed by atoms with E-state index >= 15 is 0 Å². The number of carbonyl (C=O) groups excluding carboxylic acids is 1. The summed E-state index contributed by atoms with van der Waals surface area (Å²) in [5, 5.41) is 4.28. The first-order valence-electron chi connectivity index (χ1n) is 7.68. The van der Waals surface area contributed by atoms with Crippen molar-refractivity contribution in [1.82, 2.24) is 4.98 Å². The smallest absolute Gasteiger partial charge is 0.338 e. The first-order chi connectivity index (χ1) is 11.6. The van der Waals surface area contributed by atoms with Gasteiger partial charge in [0.1, 0.15) is 0 Å². The van der Waals surface area contributed by atoms with Gasteiger partial charge in [0.2, 0.25) is 0 Å². The van der Waals surface area contributed by atoms with Crippen LogP contribution in [0.4, 0.5) is 11.4 Å². The zero-order valence-corrected chi connectivity index (χ0v) is 16.3. The number of hydrogen-bond donors (Lipinski definition) is 1. The Kier molecular flexibility index (Phi) is 6.39. The number of hydrogen-bond acceptors (Lipinski definition) is 4. The molecule has 0 atom stereocenters. The van der Waals surface area contributed by atoms with Crippen molar-refractivity contribution in [1.29, 1.82) is 0 Å². The highest BCUT2D eigenvalue weighted by Gasteiger charge is 2.11. The molecule has 1 heterocycles. The van der Waals surface area contributed by atoms with Crippen LogP contribution in [0.2, 0.25) is 0 Å².